The Morgan fingerprint density at radius 3 is 2.15 bits per heavy atom. The lowest BCUT2D eigenvalue weighted by Crippen LogP contribution is -2.33. The van der Waals surface area contributed by atoms with Crippen LogP contribution in [0.15, 0.2) is 164 Å². The fraction of sp³-hybridized carbons (Fsp3) is 0.0238. The van der Waals surface area contributed by atoms with Crippen LogP contribution in [0.3, 0.4) is 0 Å². The molecule has 226 valence electrons. The van der Waals surface area contributed by atoms with E-state index < -0.39 is 6.17 Å². The molecular formula is C42H26N4O2. The van der Waals surface area contributed by atoms with Gasteiger partial charge in [0.1, 0.15) is 34.3 Å². The molecule has 0 fully saturated rings. The van der Waals surface area contributed by atoms with Crippen molar-refractivity contribution in [3.8, 4) is 11.1 Å². The summed E-state index contributed by atoms with van der Waals surface area (Å²) in [4.78, 5) is 15.4. The molecule has 0 bridgehead atoms. The van der Waals surface area contributed by atoms with E-state index in [1.807, 2.05) is 91.0 Å². The maximum absolute atomic E-state index is 6.67. The molecule has 0 saturated carbocycles. The van der Waals surface area contributed by atoms with Gasteiger partial charge in [-0.1, -0.05) is 109 Å². The molecule has 1 aliphatic rings. The summed E-state index contributed by atoms with van der Waals surface area (Å²) in [5.41, 5.74) is 9.82. The van der Waals surface area contributed by atoms with Crippen molar-refractivity contribution in [2.75, 3.05) is 0 Å². The lowest BCUT2D eigenvalue weighted by molar-refractivity contribution is 0.662. The number of para-hydroxylation sites is 2. The van der Waals surface area contributed by atoms with Gasteiger partial charge in [0, 0.05) is 32.8 Å². The van der Waals surface area contributed by atoms with Crippen LogP contribution in [-0.4, -0.2) is 16.7 Å². The minimum Gasteiger partial charge on any atom is -0.456 e. The molecule has 1 atom stereocenters. The molecule has 6 heteroatoms. The van der Waals surface area contributed by atoms with Gasteiger partial charge in [-0.15, -0.1) is 0 Å². The number of nitrogens with zero attached hydrogens (tertiary/aromatic N) is 3. The van der Waals surface area contributed by atoms with Gasteiger partial charge >= 0.3 is 0 Å². The number of benzene rings is 6. The molecule has 0 saturated heterocycles. The monoisotopic (exact) mass is 618 g/mol. The lowest BCUT2D eigenvalue weighted by atomic mass is 9.95. The Morgan fingerprint density at radius 2 is 1.27 bits per heavy atom. The van der Waals surface area contributed by atoms with E-state index in [1.54, 1.807) is 0 Å². The van der Waals surface area contributed by atoms with Gasteiger partial charge in [-0.2, -0.15) is 0 Å². The first-order valence-corrected chi connectivity index (χ1v) is 16.0. The van der Waals surface area contributed by atoms with E-state index in [0.29, 0.717) is 5.84 Å². The summed E-state index contributed by atoms with van der Waals surface area (Å²) in [5, 5.41) is 7.77. The molecule has 0 spiro atoms. The van der Waals surface area contributed by atoms with Crippen LogP contribution < -0.4 is 5.32 Å². The topological polar surface area (TPSA) is 75.9 Å². The molecule has 1 aliphatic heterocycles. The fourth-order valence-corrected chi connectivity index (χ4v) is 6.90. The largest absolute Gasteiger partial charge is 0.456 e. The summed E-state index contributed by atoms with van der Waals surface area (Å²) >= 11 is 0. The standard InChI is InChI=1S/C42H26N4O2/c1-3-12-25(13-4-1)40-44-41(26-14-5-2-6-15-26)46-42(45-40)31-22-28(29-18-11-21-34-37(29)30-17-8-10-20-33(30)47-34)24-35-38(31)39-36(48-35)23-27-16-7-9-19-32(27)43-39/h1-24,42H,(H,44,45,46). The van der Waals surface area contributed by atoms with Crippen molar-refractivity contribution in [1.29, 1.82) is 0 Å². The van der Waals surface area contributed by atoms with Crippen molar-refractivity contribution in [2.45, 2.75) is 6.17 Å². The number of nitrogens with one attached hydrogen (secondary N) is 1. The van der Waals surface area contributed by atoms with Gasteiger partial charge in [0.2, 0.25) is 0 Å². The van der Waals surface area contributed by atoms with E-state index in [1.165, 1.54) is 0 Å². The Balaban J connectivity index is 1.27. The van der Waals surface area contributed by atoms with Gasteiger partial charge in [-0.05, 0) is 47.5 Å². The van der Waals surface area contributed by atoms with Crippen molar-refractivity contribution >= 4 is 66.6 Å². The molecule has 9 aromatic rings. The number of hydrogen-bond donors (Lipinski definition) is 1. The van der Waals surface area contributed by atoms with Crippen molar-refractivity contribution in [3.05, 3.63) is 162 Å². The summed E-state index contributed by atoms with van der Waals surface area (Å²) in [6.45, 7) is 0. The van der Waals surface area contributed by atoms with E-state index in [9.17, 15) is 0 Å². The highest BCUT2D eigenvalue weighted by atomic mass is 16.3. The Labute approximate surface area is 274 Å². The predicted octanol–water partition coefficient (Wildman–Crippen LogP) is 10.2. The predicted molar refractivity (Wildman–Crippen MR) is 194 cm³/mol. The zero-order valence-electron chi connectivity index (χ0n) is 25.6. The normalized spacial score (nSPS) is 14.9. The number of pyridine rings is 1. The third kappa shape index (κ3) is 4.23. The second-order valence-electron chi connectivity index (χ2n) is 12.0. The lowest BCUT2D eigenvalue weighted by Gasteiger charge is -2.24. The van der Waals surface area contributed by atoms with Crippen LogP contribution in [0.5, 0.6) is 0 Å². The Kier molecular flexibility index (Phi) is 5.84. The first kappa shape index (κ1) is 26.7. The molecule has 6 aromatic carbocycles. The quantitative estimate of drug-likeness (QED) is 0.213. The third-order valence-corrected chi connectivity index (χ3v) is 9.11. The number of amidine groups is 2. The molecule has 0 amide bonds. The highest BCUT2D eigenvalue weighted by molar-refractivity contribution is 6.16. The maximum atomic E-state index is 6.67. The minimum absolute atomic E-state index is 0.482. The van der Waals surface area contributed by atoms with Crippen LogP contribution in [0.25, 0.3) is 66.0 Å². The molecule has 0 aliphatic carbocycles. The Hall–Kier alpha value is -6.53. The van der Waals surface area contributed by atoms with Gasteiger partial charge in [0.25, 0.3) is 0 Å². The molecule has 6 nitrogen and oxygen atoms in total. The number of furan rings is 2. The van der Waals surface area contributed by atoms with Gasteiger partial charge in [0.05, 0.1) is 10.9 Å². The molecule has 48 heavy (non-hydrogen) atoms. The molecular weight excluding hydrogens is 592 g/mol. The molecule has 1 unspecified atom stereocenters. The number of hydrogen-bond acceptors (Lipinski definition) is 6. The molecule has 10 rings (SSSR count). The smallest absolute Gasteiger partial charge is 0.159 e. The number of aliphatic imine (C=N–C) groups is 2. The van der Waals surface area contributed by atoms with E-state index in [4.69, 9.17) is 23.8 Å². The SMILES string of the molecule is c1ccc(C2=NC(c3cc(-c4cccc5oc6ccccc6c45)cc4oc5cc6ccccc6nc5c34)NC(c3ccccc3)=N2)cc1. The van der Waals surface area contributed by atoms with E-state index in [2.05, 4.69) is 59.9 Å². The Bertz CT molecular complexity index is 2760. The first-order valence-electron chi connectivity index (χ1n) is 16.0. The highest BCUT2D eigenvalue weighted by Gasteiger charge is 2.27. The summed E-state index contributed by atoms with van der Waals surface area (Å²) in [6.07, 6.45) is -0.482. The van der Waals surface area contributed by atoms with Crippen LogP contribution >= 0.6 is 0 Å². The zero-order valence-corrected chi connectivity index (χ0v) is 25.6. The van der Waals surface area contributed by atoms with Gasteiger partial charge < -0.3 is 14.2 Å². The number of aromatic nitrogens is 1. The number of rotatable bonds is 4. The summed E-state index contributed by atoms with van der Waals surface area (Å²) < 4.78 is 12.9. The minimum atomic E-state index is -0.482. The summed E-state index contributed by atoms with van der Waals surface area (Å²) in [5.74, 6) is 1.41. The van der Waals surface area contributed by atoms with Crippen LogP contribution in [0.2, 0.25) is 0 Å². The van der Waals surface area contributed by atoms with E-state index in [0.717, 1.165) is 88.6 Å². The first-order chi connectivity index (χ1) is 23.8. The molecule has 4 heterocycles. The van der Waals surface area contributed by atoms with Crippen LogP contribution in [0.4, 0.5) is 0 Å². The van der Waals surface area contributed by atoms with Gasteiger partial charge in [0.15, 0.2) is 11.4 Å². The van der Waals surface area contributed by atoms with Crippen molar-refractivity contribution in [1.82, 2.24) is 10.3 Å². The van der Waals surface area contributed by atoms with Gasteiger partial charge in [-0.3, -0.25) is 0 Å². The van der Waals surface area contributed by atoms with Crippen LogP contribution in [0, 0.1) is 0 Å². The van der Waals surface area contributed by atoms with Crippen molar-refractivity contribution < 1.29 is 8.83 Å². The second-order valence-corrected chi connectivity index (χ2v) is 12.0. The van der Waals surface area contributed by atoms with Crippen molar-refractivity contribution in [3.63, 3.8) is 0 Å². The van der Waals surface area contributed by atoms with E-state index >= 15 is 0 Å². The van der Waals surface area contributed by atoms with Crippen LogP contribution in [0.1, 0.15) is 22.9 Å². The number of fused-ring (bicyclic) bond motifs is 7. The molecule has 1 N–H and O–H groups in total. The average molecular weight is 619 g/mol. The molecule has 3 aromatic heterocycles. The van der Waals surface area contributed by atoms with Crippen LogP contribution in [-0.2, 0) is 0 Å². The average Bonchev–Trinajstić information content (AvgIpc) is 3.72. The molecule has 0 radical (unpaired) electrons. The Morgan fingerprint density at radius 1 is 0.542 bits per heavy atom. The highest BCUT2D eigenvalue weighted by Crippen LogP contribution is 2.42. The van der Waals surface area contributed by atoms with Crippen molar-refractivity contribution in [2.24, 2.45) is 9.98 Å². The zero-order chi connectivity index (χ0) is 31.6. The van der Waals surface area contributed by atoms with E-state index in [-0.39, 0.29) is 0 Å². The maximum Gasteiger partial charge on any atom is 0.159 e. The second kappa shape index (κ2) is 10.5. The fourth-order valence-electron chi connectivity index (χ4n) is 6.90. The van der Waals surface area contributed by atoms with Gasteiger partial charge in [-0.25, -0.2) is 15.0 Å². The summed E-state index contributed by atoms with van der Waals surface area (Å²) in [6, 6.07) is 49.3. The summed E-state index contributed by atoms with van der Waals surface area (Å²) in [7, 11) is 0. The third-order valence-electron chi connectivity index (χ3n) is 9.11.